The van der Waals surface area contributed by atoms with Crippen molar-refractivity contribution in [2.75, 3.05) is 0 Å². The van der Waals surface area contributed by atoms with Gasteiger partial charge in [0, 0.05) is 11.5 Å². The zero-order valence-corrected chi connectivity index (χ0v) is 20.5. The maximum atomic E-state index is 13.8. The molecule has 1 atom stereocenters. The van der Waals surface area contributed by atoms with E-state index in [0.717, 1.165) is 19.3 Å². The minimum Gasteiger partial charge on any atom is -0.510 e. The van der Waals surface area contributed by atoms with Gasteiger partial charge >= 0.3 is 0 Å². The molecule has 0 aromatic heterocycles. The molecule has 0 saturated carbocycles. The predicted octanol–water partition coefficient (Wildman–Crippen LogP) is 7.10. The Kier molecular flexibility index (Phi) is 9.84. The van der Waals surface area contributed by atoms with Gasteiger partial charge in [0.25, 0.3) is 0 Å². The second-order valence-electron chi connectivity index (χ2n) is 10.4. The van der Waals surface area contributed by atoms with Gasteiger partial charge in [0.1, 0.15) is 11.5 Å². The summed E-state index contributed by atoms with van der Waals surface area (Å²) in [5.41, 5.74) is -0.776. The minimum absolute atomic E-state index is 0.00443. The molecular formula is C26H44O4. The van der Waals surface area contributed by atoms with Gasteiger partial charge in [-0.25, -0.2) is 0 Å². The number of Topliss-reactive ketones (excluding diaryl/α,β-unsaturated/α-hetero) is 2. The second-order valence-corrected chi connectivity index (χ2v) is 10.4. The SMILES string of the molecule is CCC(C)C(=O)C1=C(O)C(CCC(C)C)(CCC(C)C)C(=O)C(CCC(C)C)=C1O. The molecule has 0 aromatic rings. The average Bonchev–Trinajstić information content (AvgIpc) is 2.66. The molecule has 0 saturated heterocycles. The van der Waals surface area contributed by atoms with E-state index in [9.17, 15) is 19.8 Å². The van der Waals surface area contributed by atoms with Gasteiger partial charge in [-0.1, -0.05) is 55.4 Å². The first-order chi connectivity index (χ1) is 13.9. The van der Waals surface area contributed by atoms with Crippen LogP contribution in [0.2, 0.25) is 0 Å². The number of hydrogen-bond donors (Lipinski definition) is 2. The van der Waals surface area contributed by atoms with Crippen molar-refractivity contribution in [2.24, 2.45) is 29.1 Å². The van der Waals surface area contributed by atoms with E-state index in [1.165, 1.54) is 0 Å². The topological polar surface area (TPSA) is 74.6 Å². The van der Waals surface area contributed by atoms with Crippen LogP contribution in [0.3, 0.4) is 0 Å². The lowest BCUT2D eigenvalue weighted by molar-refractivity contribution is -0.127. The van der Waals surface area contributed by atoms with Crippen molar-refractivity contribution in [3.63, 3.8) is 0 Å². The van der Waals surface area contributed by atoms with E-state index >= 15 is 0 Å². The lowest BCUT2D eigenvalue weighted by Crippen LogP contribution is -2.41. The van der Waals surface area contributed by atoms with E-state index in [-0.39, 0.29) is 34.6 Å². The second kappa shape index (κ2) is 11.2. The largest absolute Gasteiger partial charge is 0.510 e. The first kappa shape index (κ1) is 26.5. The number of carbonyl (C=O) groups excluding carboxylic acids is 2. The molecule has 1 aliphatic carbocycles. The van der Waals surface area contributed by atoms with Crippen LogP contribution in [0, 0.1) is 29.1 Å². The number of aliphatic hydroxyl groups excluding tert-OH is 2. The molecule has 0 aliphatic heterocycles. The van der Waals surface area contributed by atoms with Gasteiger partial charge in [0.2, 0.25) is 0 Å². The summed E-state index contributed by atoms with van der Waals surface area (Å²) in [6.45, 7) is 16.3. The van der Waals surface area contributed by atoms with Gasteiger partial charge in [0.05, 0.1) is 11.0 Å². The van der Waals surface area contributed by atoms with E-state index in [1.807, 2.05) is 13.8 Å². The Bertz CT molecular complexity index is 667. The summed E-state index contributed by atoms with van der Waals surface area (Å²) < 4.78 is 0. The molecule has 0 aromatic carbocycles. The summed E-state index contributed by atoms with van der Waals surface area (Å²) in [4.78, 5) is 27.0. The first-order valence-electron chi connectivity index (χ1n) is 11.8. The number of allylic oxidation sites excluding steroid dienone is 3. The van der Waals surface area contributed by atoms with Crippen molar-refractivity contribution >= 4 is 11.6 Å². The van der Waals surface area contributed by atoms with Crippen molar-refractivity contribution < 1.29 is 19.8 Å². The van der Waals surface area contributed by atoms with Crippen molar-refractivity contribution in [3.05, 3.63) is 22.7 Å². The van der Waals surface area contributed by atoms with Crippen molar-refractivity contribution in [3.8, 4) is 0 Å². The van der Waals surface area contributed by atoms with Crippen LogP contribution in [0.25, 0.3) is 0 Å². The number of ketones is 2. The number of carbonyl (C=O) groups is 2. The molecule has 2 N–H and O–H groups in total. The molecule has 1 unspecified atom stereocenters. The molecule has 4 nitrogen and oxygen atoms in total. The Morgan fingerprint density at radius 1 is 0.867 bits per heavy atom. The Morgan fingerprint density at radius 3 is 1.73 bits per heavy atom. The summed E-state index contributed by atoms with van der Waals surface area (Å²) in [5, 5.41) is 22.4. The lowest BCUT2D eigenvalue weighted by Gasteiger charge is -2.38. The summed E-state index contributed by atoms with van der Waals surface area (Å²) in [7, 11) is 0. The van der Waals surface area contributed by atoms with Gasteiger partial charge in [-0.05, 0) is 62.7 Å². The fourth-order valence-corrected chi connectivity index (χ4v) is 4.00. The average molecular weight is 421 g/mol. The fraction of sp³-hybridized carbons (Fsp3) is 0.769. The zero-order valence-electron chi connectivity index (χ0n) is 20.5. The molecule has 4 heteroatoms. The highest BCUT2D eigenvalue weighted by atomic mass is 16.3. The van der Waals surface area contributed by atoms with E-state index < -0.39 is 5.41 Å². The van der Waals surface area contributed by atoms with Crippen molar-refractivity contribution in [1.29, 1.82) is 0 Å². The molecule has 0 amide bonds. The molecule has 0 fully saturated rings. The van der Waals surface area contributed by atoms with E-state index in [4.69, 9.17) is 0 Å². The highest BCUT2D eigenvalue weighted by molar-refractivity contribution is 6.11. The molecule has 30 heavy (non-hydrogen) atoms. The Labute approximate surface area is 183 Å². The Hall–Kier alpha value is -1.58. The first-order valence-corrected chi connectivity index (χ1v) is 11.8. The summed E-state index contributed by atoms with van der Waals surface area (Å²) >= 11 is 0. The number of hydrogen-bond acceptors (Lipinski definition) is 4. The number of rotatable bonds is 12. The standard InChI is InChI=1S/C26H44O4/c1-9-19(8)22(27)21-23(28)20(11-10-16(2)3)24(29)26(25(21)30,14-12-17(4)5)15-13-18(6)7/h16-19,28,30H,9-15H2,1-8H3. The summed E-state index contributed by atoms with van der Waals surface area (Å²) in [5.74, 6) is -0.134. The summed E-state index contributed by atoms with van der Waals surface area (Å²) in [6, 6.07) is 0. The van der Waals surface area contributed by atoms with Crippen LogP contribution in [-0.2, 0) is 9.59 Å². The highest BCUT2D eigenvalue weighted by Crippen LogP contribution is 2.48. The van der Waals surface area contributed by atoms with E-state index in [0.29, 0.717) is 49.0 Å². The molecule has 0 heterocycles. The van der Waals surface area contributed by atoms with Gasteiger partial charge in [-0.15, -0.1) is 0 Å². The third-order valence-corrected chi connectivity index (χ3v) is 6.50. The molecule has 1 aliphatic rings. The van der Waals surface area contributed by atoms with Gasteiger partial charge in [-0.2, -0.15) is 0 Å². The predicted molar refractivity (Wildman–Crippen MR) is 123 cm³/mol. The van der Waals surface area contributed by atoms with Crippen LogP contribution < -0.4 is 0 Å². The molecule has 0 bridgehead atoms. The Morgan fingerprint density at radius 2 is 1.33 bits per heavy atom. The van der Waals surface area contributed by atoms with E-state index in [2.05, 4.69) is 41.5 Å². The van der Waals surface area contributed by atoms with E-state index in [1.54, 1.807) is 0 Å². The fourth-order valence-electron chi connectivity index (χ4n) is 4.00. The van der Waals surface area contributed by atoms with Crippen LogP contribution >= 0.6 is 0 Å². The van der Waals surface area contributed by atoms with Crippen LogP contribution in [0.4, 0.5) is 0 Å². The quantitative estimate of drug-likeness (QED) is 0.353. The van der Waals surface area contributed by atoms with Gasteiger partial charge in [-0.3, -0.25) is 9.59 Å². The monoisotopic (exact) mass is 420 g/mol. The molecule has 0 spiro atoms. The molecule has 172 valence electrons. The smallest absolute Gasteiger partial charge is 0.176 e. The number of aliphatic hydroxyl groups is 2. The normalized spacial score (nSPS) is 18.2. The van der Waals surface area contributed by atoms with Crippen LogP contribution in [0.1, 0.15) is 100 Å². The van der Waals surface area contributed by atoms with Crippen molar-refractivity contribution in [1.82, 2.24) is 0 Å². The zero-order chi connectivity index (χ0) is 23.2. The third-order valence-electron chi connectivity index (χ3n) is 6.50. The molecular weight excluding hydrogens is 376 g/mol. The van der Waals surface area contributed by atoms with Crippen LogP contribution in [0.15, 0.2) is 22.7 Å². The Balaban J connectivity index is 3.67. The van der Waals surface area contributed by atoms with Crippen molar-refractivity contribution in [2.45, 2.75) is 100 Å². The maximum Gasteiger partial charge on any atom is 0.176 e. The van der Waals surface area contributed by atoms with Crippen LogP contribution in [0.5, 0.6) is 0 Å². The van der Waals surface area contributed by atoms with Gasteiger partial charge < -0.3 is 10.2 Å². The lowest BCUT2D eigenvalue weighted by atomic mass is 9.64. The molecule has 1 rings (SSSR count). The summed E-state index contributed by atoms with van der Waals surface area (Å²) in [6.07, 6.45) is 4.34. The highest BCUT2D eigenvalue weighted by Gasteiger charge is 2.50. The third kappa shape index (κ3) is 5.98. The maximum absolute atomic E-state index is 13.8. The van der Waals surface area contributed by atoms with Gasteiger partial charge in [0.15, 0.2) is 11.6 Å². The minimum atomic E-state index is -1.11. The van der Waals surface area contributed by atoms with Crippen LogP contribution in [-0.4, -0.2) is 21.8 Å². The molecule has 0 radical (unpaired) electrons.